The number of hydrogen-bond donors (Lipinski definition) is 2. The van der Waals surface area contributed by atoms with Crippen LogP contribution in [0.25, 0.3) is 0 Å². The summed E-state index contributed by atoms with van der Waals surface area (Å²) >= 11 is 3.23. The molecule has 4 N–H and O–H groups in total. The summed E-state index contributed by atoms with van der Waals surface area (Å²) in [5.41, 5.74) is 19.1. The van der Waals surface area contributed by atoms with Crippen molar-refractivity contribution in [2.24, 2.45) is 21.5 Å². The molecule has 3 aliphatic heterocycles. The molecular weight excluding hydrogens is 533 g/mol. The first-order valence-corrected chi connectivity index (χ1v) is 15.7. The summed E-state index contributed by atoms with van der Waals surface area (Å²) < 4.78 is 5.93. The average Bonchev–Trinajstić information content (AvgIpc) is 2.95. The van der Waals surface area contributed by atoms with E-state index in [1.807, 2.05) is 18.2 Å². The lowest BCUT2D eigenvalue weighted by Gasteiger charge is -2.41. The molecule has 1 aromatic carbocycles. The summed E-state index contributed by atoms with van der Waals surface area (Å²) in [5, 5.41) is 1.27. The van der Waals surface area contributed by atoms with Crippen molar-refractivity contribution in [3.8, 4) is 0 Å². The Morgan fingerprint density at radius 1 is 0.800 bits per heavy atom. The quantitative estimate of drug-likeness (QED) is 0.421. The van der Waals surface area contributed by atoms with Gasteiger partial charge in [-0.25, -0.2) is 9.98 Å². The number of ether oxygens (including phenoxy) is 1. The van der Waals surface area contributed by atoms with E-state index < -0.39 is 11.1 Å². The maximum absolute atomic E-state index is 6.41. The molecule has 3 heterocycles. The van der Waals surface area contributed by atoms with E-state index in [1.165, 1.54) is 27.9 Å². The molecule has 0 bridgehead atoms. The van der Waals surface area contributed by atoms with Gasteiger partial charge in [0.25, 0.3) is 0 Å². The molecule has 0 radical (unpaired) electrons. The number of hydrogen-bond acceptors (Lipinski definition) is 7. The molecule has 40 heavy (non-hydrogen) atoms. The van der Waals surface area contributed by atoms with Crippen LogP contribution in [0, 0.1) is 0 Å². The molecule has 204 valence electrons. The zero-order valence-corrected chi connectivity index (χ0v) is 24.1. The van der Waals surface area contributed by atoms with Crippen LogP contribution in [0.5, 0.6) is 0 Å². The number of thioether (sulfide) groups is 2. The van der Waals surface area contributed by atoms with Gasteiger partial charge in [0.15, 0.2) is 10.3 Å². The van der Waals surface area contributed by atoms with Gasteiger partial charge in [-0.2, -0.15) is 0 Å². The standard InChI is InChI=1S/C33H34N4OS2/c34-30-36-32(25-12-6-4-2-1-3-5-7-13-25)19-10-15-28(29(32)22-40-30)24-11-8-9-14-26(17-16-24)33-23-38-20-18-27(33)21-39-31(35)37-33/h1-9,11-14,16-18H,10,15,19-23H2,(H2,34,36)(H2,35,37). The van der Waals surface area contributed by atoms with E-state index in [2.05, 4.69) is 78.9 Å². The summed E-state index contributed by atoms with van der Waals surface area (Å²) in [4.78, 5) is 10.1. The smallest absolute Gasteiger partial charge is 0.155 e. The number of fused-ring (bicyclic) bond motifs is 2. The second-order valence-corrected chi connectivity index (χ2v) is 12.3. The van der Waals surface area contributed by atoms with Gasteiger partial charge in [0.2, 0.25) is 0 Å². The number of nitrogens with zero attached hydrogens (tertiary/aromatic N) is 2. The zero-order chi connectivity index (χ0) is 27.4. The van der Waals surface area contributed by atoms with Gasteiger partial charge in [-0.05, 0) is 52.7 Å². The Bertz CT molecular complexity index is 1470. The van der Waals surface area contributed by atoms with E-state index in [9.17, 15) is 0 Å². The molecule has 0 amide bonds. The first-order chi connectivity index (χ1) is 19.6. The van der Waals surface area contributed by atoms with Crippen LogP contribution in [0.15, 0.2) is 135 Å². The van der Waals surface area contributed by atoms with Crippen molar-refractivity contribution in [2.45, 2.75) is 30.3 Å². The van der Waals surface area contributed by atoms with Crippen molar-refractivity contribution in [1.29, 1.82) is 0 Å². The number of amidine groups is 2. The Kier molecular flexibility index (Phi) is 7.87. The minimum Gasteiger partial charge on any atom is -0.378 e. The highest BCUT2D eigenvalue weighted by Crippen LogP contribution is 2.50. The Morgan fingerprint density at radius 2 is 1.50 bits per heavy atom. The van der Waals surface area contributed by atoms with Crippen LogP contribution in [-0.4, -0.2) is 40.6 Å². The molecule has 5 aliphatic rings. The fourth-order valence-electron chi connectivity index (χ4n) is 6.14. The molecule has 5 nitrogen and oxygen atoms in total. The van der Waals surface area contributed by atoms with Crippen molar-refractivity contribution in [2.75, 3.05) is 24.7 Å². The predicted octanol–water partition coefficient (Wildman–Crippen LogP) is 6.28. The Balaban J connectivity index is 1.45. The molecule has 6 rings (SSSR count). The highest BCUT2D eigenvalue weighted by Gasteiger charge is 2.44. The van der Waals surface area contributed by atoms with Gasteiger partial charge >= 0.3 is 0 Å². The average molecular weight is 567 g/mol. The summed E-state index contributed by atoms with van der Waals surface area (Å²) in [6.07, 6.45) is 18.2. The second-order valence-electron chi connectivity index (χ2n) is 10.4. The summed E-state index contributed by atoms with van der Waals surface area (Å²) in [5.74, 6) is 1.67. The van der Waals surface area contributed by atoms with Crippen molar-refractivity contribution in [3.63, 3.8) is 0 Å². The molecule has 2 atom stereocenters. The van der Waals surface area contributed by atoms with Crippen LogP contribution in [0.2, 0.25) is 0 Å². The fraction of sp³-hybridized carbons (Fsp3) is 0.273. The molecule has 2 unspecified atom stereocenters. The van der Waals surface area contributed by atoms with Gasteiger partial charge in [-0.3, -0.25) is 0 Å². The molecule has 0 saturated carbocycles. The molecular formula is C33H34N4OS2. The maximum atomic E-state index is 6.41. The highest BCUT2D eigenvalue weighted by atomic mass is 32.2. The number of nitrogens with two attached hydrogens (primary N) is 2. The third-order valence-corrected chi connectivity index (χ3v) is 9.75. The third-order valence-electron chi connectivity index (χ3n) is 8.09. The van der Waals surface area contributed by atoms with Crippen molar-refractivity contribution in [1.82, 2.24) is 0 Å². The van der Waals surface area contributed by atoms with Crippen LogP contribution in [0.3, 0.4) is 0 Å². The lowest BCUT2D eigenvalue weighted by Crippen LogP contribution is -2.44. The van der Waals surface area contributed by atoms with E-state index in [1.54, 1.807) is 23.5 Å². The van der Waals surface area contributed by atoms with E-state index in [4.69, 9.17) is 26.2 Å². The Labute approximate surface area is 245 Å². The van der Waals surface area contributed by atoms with Gasteiger partial charge in [0.1, 0.15) is 11.1 Å². The van der Waals surface area contributed by atoms with Crippen LogP contribution in [0.4, 0.5) is 0 Å². The van der Waals surface area contributed by atoms with Gasteiger partial charge in [0, 0.05) is 11.5 Å². The summed E-state index contributed by atoms with van der Waals surface area (Å²) in [7, 11) is 0. The van der Waals surface area contributed by atoms with E-state index in [0.717, 1.165) is 36.3 Å². The fourth-order valence-corrected chi connectivity index (χ4v) is 7.95. The van der Waals surface area contributed by atoms with Gasteiger partial charge in [0.05, 0.1) is 13.2 Å². The molecule has 2 aliphatic carbocycles. The summed E-state index contributed by atoms with van der Waals surface area (Å²) in [6.45, 7) is 1.12. The Hall–Kier alpha value is -3.26. The topological polar surface area (TPSA) is 86.0 Å². The first-order valence-electron chi connectivity index (χ1n) is 13.7. The lowest BCUT2D eigenvalue weighted by atomic mass is 9.71. The summed E-state index contributed by atoms with van der Waals surface area (Å²) in [6, 6.07) is 18.8. The first kappa shape index (κ1) is 26.9. The SMILES string of the molecule is NC1=NC2(C3=CC=CC=C(C4=C5CSC(N)=NC5(c5ccccccccc5)CCC4)C=C3)COCC=C2CS1. The number of aliphatic imine (C=N–C) groups is 2. The van der Waals surface area contributed by atoms with Crippen molar-refractivity contribution in [3.05, 3.63) is 131 Å². The van der Waals surface area contributed by atoms with Crippen LogP contribution in [0.1, 0.15) is 24.8 Å². The molecule has 7 heteroatoms. The molecule has 0 spiro atoms. The largest absolute Gasteiger partial charge is 0.378 e. The zero-order valence-electron chi connectivity index (χ0n) is 22.5. The van der Waals surface area contributed by atoms with Crippen LogP contribution < -0.4 is 11.5 Å². The minimum absolute atomic E-state index is 0.467. The predicted molar refractivity (Wildman–Crippen MR) is 171 cm³/mol. The van der Waals surface area contributed by atoms with E-state index in [-0.39, 0.29) is 0 Å². The lowest BCUT2D eigenvalue weighted by molar-refractivity contribution is 0.119. The van der Waals surface area contributed by atoms with Gasteiger partial charge < -0.3 is 16.2 Å². The third kappa shape index (κ3) is 5.14. The molecule has 0 saturated heterocycles. The van der Waals surface area contributed by atoms with Crippen LogP contribution in [-0.2, 0) is 10.3 Å². The number of allylic oxidation sites excluding steroid dienone is 7. The van der Waals surface area contributed by atoms with Gasteiger partial charge in [-0.1, -0.05) is 121 Å². The minimum atomic E-state index is -0.565. The maximum Gasteiger partial charge on any atom is 0.155 e. The van der Waals surface area contributed by atoms with E-state index >= 15 is 0 Å². The number of rotatable bonds is 3. The molecule has 0 aromatic heterocycles. The molecule has 0 fully saturated rings. The van der Waals surface area contributed by atoms with Gasteiger partial charge in [-0.15, -0.1) is 0 Å². The van der Waals surface area contributed by atoms with Crippen molar-refractivity contribution >= 4 is 33.9 Å². The normalized spacial score (nSPS) is 27.9. The van der Waals surface area contributed by atoms with E-state index in [0.29, 0.717) is 23.5 Å². The molecule has 1 aromatic rings. The van der Waals surface area contributed by atoms with Crippen LogP contribution >= 0.6 is 23.5 Å². The monoisotopic (exact) mass is 566 g/mol. The highest BCUT2D eigenvalue weighted by molar-refractivity contribution is 8.14. The Morgan fingerprint density at radius 3 is 2.30 bits per heavy atom. The second kappa shape index (κ2) is 11.7. The van der Waals surface area contributed by atoms with Crippen molar-refractivity contribution < 1.29 is 4.74 Å².